The molecule has 1 rings (SSSR count). The van der Waals surface area contributed by atoms with Crippen LogP contribution < -0.4 is 5.32 Å². The highest BCUT2D eigenvalue weighted by molar-refractivity contribution is 7.89. The lowest BCUT2D eigenvalue weighted by Gasteiger charge is -2.27. The molecule has 1 aliphatic rings. The van der Waals surface area contributed by atoms with Crippen molar-refractivity contribution < 1.29 is 8.42 Å². The Balaban J connectivity index is 2.71. The Hall–Kier alpha value is -0.390. The first-order valence-electron chi connectivity index (χ1n) is 5.27. The summed E-state index contributed by atoms with van der Waals surface area (Å²) in [5, 5.41) is 2.55. The molecule has 1 atom stereocenters. The Morgan fingerprint density at radius 3 is 2.73 bits per heavy atom. The molecule has 0 amide bonds. The Morgan fingerprint density at radius 1 is 1.60 bits per heavy atom. The average molecular weight is 232 g/mol. The highest BCUT2D eigenvalue weighted by Crippen LogP contribution is 2.16. The van der Waals surface area contributed by atoms with Crippen LogP contribution in [0.2, 0.25) is 0 Å². The van der Waals surface area contributed by atoms with Gasteiger partial charge in [0.2, 0.25) is 10.0 Å². The van der Waals surface area contributed by atoms with Crippen molar-refractivity contribution in [3.8, 4) is 0 Å². The van der Waals surface area contributed by atoms with Crippen LogP contribution in [0.1, 0.15) is 20.3 Å². The number of rotatable bonds is 4. The minimum atomic E-state index is -3.12. The van der Waals surface area contributed by atoms with E-state index in [9.17, 15) is 8.42 Å². The van der Waals surface area contributed by atoms with Crippen molar-refractivity contribution >= 4 is 10.0 Å². The van der Waals surface area contributed by atoms with Gasteiger partial charge in [-0.1, -0.05) is 11.6 Å². The molecular weight excluding hydrogens is 212 g/mol. The third-order valence-corrected chi connectivity index (χ3v) is 4.99. The SMILES string of the molecule is CNCC(C)S(=O)(=O)N1CC=C(C)CC1. The predicted molar refractivity (Wildman–Crippen MR) is 62.3 cm³/mol. The molecule has 88 valence electrons. The summed E-state index contributed by atoms with van der Waals surface area (Å²) in [6.45, 7) is 5.44. The van der Waals surface area contributed by atoms with Crippen LogP contribution in [-0.2, 0) is 10.0 Å². The van der Waals surface area contributed by atoms with Crippen LogP contribution in [0.4, 0.5) is 0 Å². The first-order valence-corrected chi connectivity index (χ1v) is 6.78. The molecule has 15 heavy (non-hydrogen) atoms. The average Bonchev–Trinajstić information content (AvgIpc) is 2.18. The Labute approximate surface area is 92.4 Å². The molecule has 0 radical (unpaired) electrons. The van der Waals surface area contributed by atoms with Crippen molar-refractivity contribution in [2.45, 2.75) is 25.5 Å². The highest BCUT2D eigenvalue weighted by Gasteiger charge is 2.28. The monoisotopic (exact) mass is 232 g/mol. The molecule has 5 heteroatoms. The van der Waals surface area contributed by atoms with Gasteiger partial charge in [0.05, 0.1) is 5.25 Å². The van der Waals surface area contributed by atoms with Crippen LogP contribution in [0.25, 0.3) is 0 Å². The molecule has 1 unspecified atom stereocenters. The molecule has 0 spiro atoms. The van der Waals surface area contributed by atoms with E-state index in [1.54, 1.807) is 18.3 Å². The van der Waals surface area contributed by atoms with E-state index in [1.807, 2.05) is 13.0 Å². The Bertz CT molecular complexity index is 335. The Morgan fingerprint density at radius 2 is 2.27 bits per heavy atom. The van der Waals surface area contributed by atoms with Crippen molar-refractivity contribution in [2.24, 2.45) is 0 Å². The molecule has 1 heterocycles. The van der Waals surface area contributed by atoms with Crippen LogP contribution in [0, 0.1) is 0 Å². The quantitative estimate of drug-likeness (QED) is 0.721. The zero-order valence-electron chi connectivity index (χ0n) is 9.66. The van der Waals surface area contributed by atoms with Crippen molar-refractivity contribution in [1.29, 1.82) is 0 Å². The lowest BCUT2D eigenvalue weighted by atomic mass is 10.1. The smallest absolute Gasteiger partial charge is 0.218 e. The van der Waals surface area contributed by atoms with Crippen LogP contribution in [-0.4, -0.2) is 44.7 Å². The van der Waals surface area contributed by atoms with Crippen LogP contribution in [0.3, 0.4) is 0 Å². The maximum absolute atomic E-state index is 12.0. The second kappa shape index (κ2) is 5.09. The van der Waals surface area contributed by atoms with E-state index in [2.05, 4.69) is 5.32 Å². The number of hydrogen-bond donors (Lipinski definition) is 1. The van der Waals surface area contributed by atoms with Gasteiger partial charge in [-0.15, -0.1) is 0 Å². The fourth-order valence-electron chi connectivity index (χ4n) is 1.63. The summed E-state index contributed by atoms with van der Waals surface area (Å²) in [5.74, 6) is 0. The highest BCUT2D eigenvalue weighted by atomic mass is 32.2. The molecular formula is C10H20N2O2S. The summed E-state index contributed by atoms with van der Waals surface area (Å²) in [6.07, 6.45) is 2.85. The van der Waals surface area contributed by atoms with E-state index in [4.69, 9.17) is 0 Å². The van der Waals surface area contributed by atoms with Gasteiger partial charge in [-0.3, -0.25) is 0 Å². The second-order valence-corrected chi connectivity index (χ2v) is 6.42. The molecule has 0 aliphatic carbocycles. The minimum absolute atomic E-state index is 0.352. The van der Waals surface area contributed by atoms with Crippen molar-refractivity contribution in [3.05, 3.63) is 11.6 Å². The van der Waals surface area contributed by atoms with E-state index in [1.165, 1.54) is 5.57 Å². The molecule has 0 aromatic rings. The van der Waals surface area contributed by atoms with E-state index < -0.39 is 10.0 Å². The number of hydrogen-bond acceptors (Lipinski definition) is 3. The maximum Gasteiger partial charge on any atom is 0.218 e. The third kappa shape index (κ3) is 3.03. The van der Waals surface area contributed by atoms with Crippen LogP contribution in [0.15, 0.2) is 11.6 Å². The van der Waals surface area contributed by atoms with Crippen LogP contribution in [0.5, 0.6) is 0 Å². The van der Waals surface area contributed by atoms with E-state index >= 15 is 0 Å². The van der Waals surface area contributed by atoms with Gasteiger partial charge in [0.25, 0.3) is 0 Å². The van der Waals surface area contributed by atoms with Gasteiger partial charge in [-0.2, -0.15) is 4.31 Å². The first-order chi connectivity index (χ1) is 6.98. The lowest BCUT2D eigenvalue weighted by molar-refractivity contribution is 0.423. The second-order valence-electron chi connectivity index (χ2n) is 4.07. The molecule has 0 saturated carbocycles. The van der Waals surface area contributed by atoms with Crippen molar-refractivity contribution in [1.82, 2.24) is 9.62 Å². The summed E-state index contributed by atoms with van der Waals surface area (Å²) >= 11 is 0. The van der Waals surface area contributed by atoms with Gasteiger partial charge >= 0.3 is 0 Å². The summed E-state index contributed by atoms with van der Waals surface area (Å²) in [7, 11) is -1.35. The molecule has 1 aliphatic heterocycles. The fourth-order valence-corrected chi connectivity index (χ4v) is 3.14. The van der Waals surface area contributed by atoms with E-state index in [0.717, 1.165) is 6.42 Å². The zero-order valence-corrected chi connectivity index (χ0v) is 10.5. The summed E-state index contributed by atoms with van der Waals surface area (Å²) < 4.78 is 25.6. The number of nitrogens with one attached hydrogen (secondary N) is 1. The topological polar surface area (TPSA) is 49.4 Å². The number of sulfonamides is 1. The maximum atomic E-state index is 12.0. The zero-order chi connectivity index (χ0) is 11.5. The van der Waals surface area contributed by atoms with Gasteiger partial charge < -0.3 is 5.32 Å². The van der Waals surface area contributed by atoms with Gasteiger partial charge in [-0.25, -0.2) is 8.42 Å². The lowest BCUT2D eigenvalue weighted by Crippen LogP contribution is -2.43. The summed E-state index contributed by atoms with van der Waals surface area (Å²) in [6, 6.07) is 0. The Kier molecular flexibility index (Phi) is 4.31. The van der Waals surface area contributed by atoms with Gasteiger partial charge in [0, 0.05) is 19.6 Å². The number of nitrogens with zero attached hydrogens (tertiary/aromatic N) is 1. The molecule has 0 aromatic carbocycles. The summed E-state index contributed by atoms with van der Waals surface area (Å²) in [4.78, 5) is 0. The first kappa shape index (κ1) is 12.7. The fraction of sp³-hybridized carbons (Fsp3) is 0.800. The summed E-state index contributed by atoms with van der Waals surface area (Å²) in [5.41, 5.74) is 1.28. The third-order valence-electron chi connectivity index (χ3n) is 2.76. The molecule has 0 saturated heterocycles. The minimum Gasteiger partial charge on any atom is -0.318 e. The van der Waals surface area contributed by atoms with Crippen LogP contribution >= 0.6 is 0 Å². The molecule has 0 bridgehead atoms. The largest absolute Gasteiger partial charge is 0.318 e. The molecule has 4 nitrogen and oxygen atoms in total. The van der Waals surface area contributed by atoms with E-state index in [0.29, 0.717) is 19.6 Å². The van der Waals surface area contributed by atoms with E-state index in [-0.39, 0.29) is 5.25 Å². The van der Waals surface area contributed by atoms with Crippen molar-refractivity contribution in [2.75, 3.05) is 26.7 Å². The molecule has 1 N–H and O–H groups in total. The van der Waals surface area contributed by atoms with Gasteiger partial charge in [0.15, 0.2) is 0 Å². The van der Waals surface area contributed by atoms with Crippen molar-refractivity contribution in [3.63, 3.8) is 0 Å². The molecule has 0 aromatic heterocycles. The van der Waals surface area contributed by atoms with Gasteiger partial charge in [-0.05, 0) is 27.3 Å². The standard InChI is InChI=1S/C10H20N2O2S/c1-9-4-6-12(7-5-9)15(13,14)10(2)8-11-3/h4,10-11H,5-8H2,1-3H3. The predicted octanol–water partition coefficient (Wildman–Crippen LogP) is 0.576. The molecule has 0 fully saturated rings. The van der Waals surface area contributed by atoms with Gasteiger partial charge in [0.1, 0.15) is 0 Å². The normalized spacial score (nSPS) is 21.1.